The molecule has 2 rings (SSSR count). The molecule has 0 unspecified atom stereocenters. The molecule has 0 aromatic heterocycles. The quantitative estimate of drug-likeness (QED) is 0.397. The molecule has 120 valence electrons. The van der Waals surface area contributed by atoms with Crippen molar-refractivity contribution in [3.05, 3.63) is 29.8 Å². The third-order valence-corrected chi connectivity index (χ3v) is 3.48. The van der Waals surface area contributed by atoms with Crippen LogP contribution in [0.25, 0.3) is 0 Å². The van der Waals surface area contributed by atoms with Crippen LogP contribution in [0.3, 0.4) is 0 Å². The van der Waals surface area contributed by atoms with E-state index in [4.69, 9.17) is 4.74 Å². The zero-order valence-corrected chi connectivity index (χ0v) is 13.2. The Hall–Kier alpha value is -2.24. The molecule has 1 amide bonds. The Bertz CT molecular complexity index is 527. The first kappa shape index (κ1) is 16.1. The van der Waals surface area contributed by atoms with E-state index < -0.39 is 0 Å². The number of aliphatic imine (C=N–C) groups is 1. The van der Waals surface area contributed by atoms with Gasteiger partial charge in [-0.05, 0) is 30.5 Å². The second kappa shape index (κ2) is 8.26. The van der Waals surface area contributed by atoms with E-state index in [1.54, 1.807) is 14.2 Å². The molecule has 0 radical (unpaired) electrons. The van der Waals surface area contributed by atoms with Crippen LogP contribution in [-0.2, 0) is 11.3 Å². The molecular weight excluding hydrogens is 280 g/mol. The van der Waals surface area contributed by atoms with E-state index in [0.29, 0.717) is 25.6 Å². The third-order valence-electron chi connectivity index (χ3n) is 3.48. The highest BCUT2D eigenvalue weighted by Gasteiger charge is 2.28. The molecule has 1 aromatic carbocycles. The molecular formula is C16H24N4O2. The van der Waals surface area contributed by atoms with E-state index >= 15 is 0 Å². The molecule has 0 atom stereocenters. The number of ether oxygens (including phenoxy) is 1. The standard InChI is InChI=1S/C16H24N4O2/c1-17-16(19-9-8-18-15(21)13-6-7-13)20-11-12-4-3-5-14(10-12)22-2/h3-5,10,13H,6-9,11H2,1-2H3,(H,18,21)(H2,17,19,20). The van der Waals surface area contributed by atoms with Crippen LogP contribution >= 0.6 is 0 Å². The summed E-state index contributed by atoms with van der Waals surface area (Å²) in [6.07, 6.45) is 2.06. The average molecular weight is 304 g/mol. The summed E-state index contributed by atoms with van der Waals surface area (Å²) in [5.41, 5.74) is 1.12. The average Bonchev–Trinajstić information content (AvgIpc) is 3.39. The van der Waals surface area contributed by atoms with Gasteiger partial charge < -0.3 is 20.7 Å². The van der Waals surface area contributed by atoms with Crippen LogP contribution < -0.4 is 20.7 Å². The maximum absolute atomic E-state index is 11.5. The fourth-order valence-corrected chi connectivity index (χ4v) is 2.05. The fourth-order valence-electron chi connectivity index (χ4n) is 2.05. The molecule has 1 aliphatic rings. The normalized spacial score (nSPS) is 14.4. The predicted octanol–water partition coefficient (Wildman–Crippen LogP) is 0.886. The summed E-state index contributed by atoms with van der Waals surface area (Å²) >= 11 is 0. The number of rotatable bonds is 7. The first-order valence-corrected chi connectivity index (χ1v) is 7.58. The summed E-state index contributed by atoms with van der Waals surface area (Å²) in [7, 11) is 3.38. The van der Waals surface area contributed by atoms with Gasteiger partial charge in [-0.25, -0.2) is 0 Å². The van der Waals surface area contributed by atoms with Gasteiger partial charge in [0.05, 0.1) is 7.11 Å². The number of hydrogen-bond donors (Lipinski definition) is 3. The first-order chi connectivity index (χ1) is 10.7. The number of benzene rings is 1. The molecule has 0 heterocycles. The summed E-state index contributed by atoms with van der Waals surface area (Å²) in [5.74, 6) is 1.97. The molecule has 6 nitrogen and oxygen atoms in total. The maximum atomic E-state index is 11.5. The van der Waals surface area contributed by atoms with Gasteiger partial charge in [0, 0.05) is 32.6 Å². The molecule has 1 saturated carbocycles. The van der Waals surface area contributed by atoms with Gasteiger partial charge in [-0.1, -0.05) is 12.1 Å². The van der Waals surface area contributed by atoms with Crippen molar-refractivity contribution in [1.29, 1.82) is 0 Å². The monoisotopic (exact) mass is 304 g/mol. The lowest BCUT2D eigenvalue weighted by Crippen LogP contribution is -2.41. The van der Waals surface area contributed by atoms with Gasteiger partial charge in [0.15, 0.2) is 5.96 Å². The number of amides is 1. The van der Waals surface area contributed by atoms with E-state index in [-0.39, 0.29) is 11.8 Å². The summed E-state index contributed by atoms with van der Waals surface area (Å²) in [5, 5.41) is 9.32. The molecule has 1 aliphatic carbocycles. The van der Waals surface area contributed by atoms with Gasteiger partial charge >= 0.3 is 0 Å². The molecule has 22 heavy (non-hydrogen) atoms. The zero-order chi connectivity index (χ0) is 15.8. The largest absolute Gasteiger partial charge is 0.497 e. The van der Waals surface area contributed by atoms with E-state index in [1.807, 2.05) is 24.3 Å². The zero-order valence-electron chi connectivity index (χ0n) is 13.2. The molecule has 3 N–H and O–H groups in total. The Labute approximate surface area is 131 Å². The minimum absolute atomic E-state index is 0.168. The lowest BCUT2D eigenvalue weighted by molar-refractivity contribution is -0.122. The van der Waals surface area contributed by atoms with Crippen LogP contribution in [0.4, 0.5) is 0 Å². The minimum Gasteiger partial charge on any atom is -0.497 e. The molecule has 0 saturated heterocycles. The van der Waals surface area contributed by atoms with Crippen molar-refractivity contribution in [2.45, 2.75) is 19.4 Å². The minimum atomic E-state index is 0.168. The lowest BCUT2D eigenvalue weighted by Gasteiger charge is -2.12. The highest BCUT2D eigenvalue weighted by molar-refractivity contribution is 5.81. The van der Waals surface area contributed by atoms with Crippen LogP contribution in [-0.4, -0.2) is 39.1 Å². The second-order valence-electron chi connectivity index (χ2n) is 5.27. The third kappa shape index (κ3) is 5.27. The van der Waals surface area contributed by atoms with Crippen molar-refractivity contribution >= 4 is 11.9 Å². The number of guanidine groups is 1. The van der Waals surface area contributed by atoms with Crippen molar-refractivity contribution in [1.82, 2.24) is 16.0 Å². The van der Waals surface area contributed by atoms with E-state index in [2.05, 4.69) is 20.9 Å². The smallest absolute Gasteiger partial charge is 0.223 e. The summed E-state index contributed by atoms with van der Waals surface area (Å²) in [6, 6.07) is 7.88. The molecule has 0 spiro atoms. The van der Waals surface area contributed by atoms with Crippen molar-refractivity contribution in [2.24, 2.45) is 10.9 Å². The molecule has 6 heteroatoms. The van der Waals surface area contributed by atoms with Crippen molar-refractivity contribution in [2.75, 3.05) is 27.2 Å². The van der Waals surface area contributed by atoms with Crippen LogP contribution in [0, 0.1) is 5.92 Å². The lowest BCUT2D eigenvalue weighted by atomic mass is 10.2. The Morgan fingerprint density at radius 1 is 1.27 bits per heavy atom. The Morgan fingerprint density at radius 3 is 2.73 bits per heavy atom. The van der Waals surface area contributed by atoms with Gasteiger partial charge in [-0.3, -0.25) is 9.79 Å². The first-order valence-electron chi connectivity index (χ1n) is 7.58. The number of nitrogens with one attached hydrogen (secondary N) is 3. The van der Waals surface area contributed by atoms with Crippen LogP contribution in [0.5, 0.6) is 5.75 Å². The number of hydrogen-bond acceptors (Lipinski definition) is 3. The number of carbonyl (C=O) groups excluding carboxylic acids is 1. The highest BCUT2D eigenvalue weighted by atomic mass is 16.5. The summed E-state index contributed by atoms with van der Waals surface area (Å²) in [4.78, 5) is 15.7. The number of nitrogens with zero attached hydrogens (tertiary/aromatic N) is 1. The molecule has 1 fully saturated rings. The maximum Gasteiger partial charge on any atom is 0.223 e. The van der Waals surface area contributed by atoms with Gasteiger partial charge in [0.1, 0.15) is 5.75 Å². The van der Waals surface area contributed by atoms with Gasteiger partial charge in [0.2, 0.25) is 5.91 Å². The van der Waals surface area contributed by atoms with Crippen molar-refractivity contribution in [3.8, 4) is 5.75 Å². The fraction of sp³-hybridized carbons (Fsp3) is 0.500. The number of carbonyl (C=O) groups is 1. The molecule has 1 aromatic rings. The Balaban J connectivity index is 1.66. The van der Waals surface area contributed by atoms with Crippen molar-refractivity contribution in [3.63, 3.8) is 0 Å². The van der Waals surface area contributed by atoms with E-state index in [1.165, 1.54) is 0 Å². The molecule has 0 aliphatic heterocycles. The van der Waals surface area contributed by atoms with E-state index in [9.17, 15) is 4.79 Å². The van der Waals surface area contributed by atoms with Gasteiger partial charge in [-0.2, -0.15) is 0 Å². The highest BCUT2D eigenvalue weighted by Crippen LogP contribution is 2.28. The predicted molar refractivity (Wildman–Crippen MR) is 86.9 cm³/mol. The molecule has 0 bridgehead atoms. The second-order valence-corrected chi connectivity index (χ2v) is 5.27. The Morgan fingerprint density at radius 2 is 2.05 bits per heavy atom. The van der Waals surface area contributed by atoms with Crippen LogP contribution in [0.2, 0.25) is 0 Å². The van der Waals surface area contributed by atoms with Crippen LogP contribution in [0.1, 0.15) is 18.4 Å². The number of methoxy groups -OCH3 is 1. The SMILES string of the molecule is CN=C(NCCNC(=O)C1CC1)NCc1cccc(OC)c1. The van der Waals surface area contributed by atoms with E-state index in [0.717, 1.165) is 24.2 Å². The topological polar surface area (TPSA) is 74.8 Å². The van der Waals surface area contributed by atoms with Gasteiger partial charge in [-0.15, -0.1) is 0 Å². The van der Waals surface area contributed by atoms with Crippen molar-refractivity contribution < 1.29 is 9.53 Å². The van der Waals surface area contributed by atoms with Crippen LogP contribution in [0.15, 0.2) is 29.3 Å². The van der Waals surface area contributed by atoms with Gasteiger partial charge in [0.25, 0.3) is 0 Å². The summed E-state index contributed by atoms with van der Waals surface area (Å²) < 4.78 is 5.20. The summed E-state index contributed by atoms with van der Waals surface area (Å²) in [6.45, 7) is 1.91. The Kier molecular flexibility index (Phi) is 6.06.